The van der Waals surface area contributed by atoms with E-state index in [2.05, 4.69) is 21.2 Å². The third kappa shape index (κ3) is 2.84. The van der Waals surface area contributed by atoms with Crippen molar-refractivity contribution < 1.29 is 8.78 Å². The van der Waals surface area contributed by atoms with Gasteiger partial charge in [0.2, 0.25) is 0 Å². The summed E-state index contributed by atoms with van der Waals surface area (Å²) in [6.07, 6.45) is 0.539. The normalized spacial score (nSPS) is 27.0. The molecule has 1 aromatic heterocycles. The molecule has 5 heteroatoms. The predicted octanol–water partition coefficient (Wildman–Crippen LogP) is 4.49. The van der Waals surface area contributed by atoms with Crippen molar-refractivity contribution in [1.82, 2.24) is 4.90 Å². The second-order valence-corrected chi connectivity index (χ2v) is 8.06. The van der Waals surface area contributed by atoms with Gasteiger partial charge in [0.25, 0.3) is 5.92 Å². The van der Waals surface area contributed by atoms with Crippen LogP contribution in [-0.4, -0.2) is 37.0 Å². The van der Waals surface area contributed by atoms with Crippen molar-refractivity contribution in [3.63, 3.8) is 0 Å². The lowest BCUT2D eigenvalue weighted by Crippen LogP contribution is -2.56. The maximum absolute atomic E-state index is 14.9. The van der Waals surface area contributed by atoms with Crippen LogP contribution < -0.4 is 4.90 Å². The Morgan fingerprint density at radius 3 is 2.54 bits per heavy atom. The Morgan fingerprint density at radius 2 is 1.79 bits per heavy atom. The summed E-state index contributed by atoms with van der Waals surface area (Å²) >= 11 is 1.71. The number of alkyl halides is 2. The second-order valence-electron chi connectivity index (χ2n) is 7.03. The molecule has 1 spiro atoms. The number of likely N-dealkylation sites (tertiary alicyclic amines) is 1. The maximum Gasteiger partial charge on any atom is 0.257 e. The summed E-state index contributed by atoms with van der Waals surface area (Å²) in [7, 11) is 0. The number of benzene rings is 1. The van der Waals surface area contributed by atoms with Crippen molar-refractivity contribution in [1.29, 1.82) is 0 Å². The summed E-state index contributed by atoms with van der Waals surface area (Å²) in [4.78, 5) is 5.61. The molecule has 2 nitrogen and oxygen atoms in total. The first-order valence-electron chi connectivity index (χ1n) is 8.51. The Balaban J connectivity index is 1.53. The van der Waals surface area contributed by atoms with E-state index in [9.17, 15) is 8.78 Å². The summed E-state index contributed by atoms with van der Waals surface area (Å²) < 4.78 is 29.7. The molecular weight excluding hydrogens is 326 g/mol. The van der Waals surface area contributed by atoms with Crippen LogP contribution in [0, 0.1) is 5.41 Å². The van der Waals surface area contributed by atoms with Crippen molar-refractivity contribution in [2.75, 3.05) is 31.1 Å². The van der Waals surface area contributed by atoms with Crippen LogP contribution in [-0.2, 0) is 6.54 Å². The molecule has 3 heterocycles. The molecule has 0 radical (unpaired) electrons. The van der Waals surface area contributed by atoms with E-state index in [1.54, 1.807) is 11.3 Å². The highest BCUT2D eigenvalue weighted by molar-refractivity contribution is 7.09. The summed E-state index contributed by atoms with van der Waals surface area (Å²) in [5, 5.41) is 2.05. The zero-order valence-corrected chi connectivity index (χ0v) is 14.4. The van der Waals surface area contributed by atoms with Crippen LogP contribution in [0.2, 0.25) is 0 Å². The number of nitrogens with zero attached hydrogens (tertiary/aromatic N) is 2. The lowest BCUT2D eigenvalue weighted by Gasteiger charge is -2.46. The van der Waals surface area contributed by atoms with Gasteiger partial charge in [0.05, 0.1) is 5.41 Å². The minimum atomic E-state index is -2.58. The number of rotatable bonds is 3. The molecule has 2 aromatic rings. The molecule has 1 atom stereocenters. The Hall–Kier alpha value is -1.46. The van der Waals surface area contributed by atoms with E-state index < -0.39 is 11.3 Å². The molecule has 0 bridgehead atoms. The molecule has 1 aromatic carbocycles. The number of hydrogen-bond donors (Lipinski definition) is 0. The minimum Gasteiger partial charge on any atom is -0.371 e. The number of hydrogen-bond acceptors (Lipinski definition) is 3. The van der Waals surface area contributed by atoms with Crippen molar-refractivity contribution >= 4 is 17.0 Å². The highest BCUT2D eigenvalue weighted by atomic mass is 32.1. The van der Waals surface area contributed by atoms with Crippen LogP contribution in [0.15, 0.2) is 47.8 Å². The molecule has 2 aliphatic rings. The lowest BCUT2D eigenvalue weighted by molar-refractivity contribution is -0.158. The average molecular weight is 348 g/mol. The monoisotopic (exact) mass is 348 g/mol. The number of para-hydroxylation sites is 1. The maximum atomic E-state index is 14.9. The van der Waals surface area contributed by atoms with E-state index in [1.165, 1.54) is 4.88 Å². The number of halogens is 2. The van der Waals surface area contributed by atoms with Gasteiger partial charge in [0.15, 0.2) is 0 Å². The Kier molecular flexibility index (Phi) is 4.09. The fourth-order valence-electron chi connectivity index (χ4n) is 4.10. The smallest absolute Gasteiger partial charge is 0.257 e. The minimum absolute atomic E-state index is 0.0268. The topological polar surface area (TPSA) is 6.48 Å². The van der Waals surface area contributed by atoms with E-state index in [0.717, 1.165) is 12.2 Å². The first-order chi connectivity index (χ1) is 11.6. The van der Waals surface area contributed by atoms with Gasteiger partial charge in [-0.15, -0.1) is 11.3 Å². The lowest BCUT2D eigenvalue weighted by atomic mass is 9.75. The van der Waals surface area contributed by atoms with Gasteiger partial charge in [-0.3, -0.25) is 4.90 Å². The summed E-state index contributed by atoms with van der Waals surface area (Å²) in [5.74, 6) is -2.58. The Morgan fingerprint density at radius 1 is 0.958 bits per heavy atom. The fraction of sp³-hybridized carbons (Fsp3) is 0.474. The van der Waals surface area contributed by atoms with E-state index >= 15 is 0 Å². The second kappa shape index (κ2) is 6.12. The van der Waals surface area contributed by atoms with E-state index in [4.69, 9.17) is 0 Å². The molecule has 0 amide bonds. The number of anilines is 1. The molecule has 4 rings (SSSR count). The van der Waals surface area contributed by atoms with Crippen LogP contribution in [0.5, 0.6) is 0 Å². The Labute approximate surface area is 145 Å². The van der Waals surface area contributed by atoms with Crippen LogP contribution in [0.1, 0.15) is 17.7 Å². The molecule has 24 heavy (non-hydrogen) atoms. The SMILES string of the molecule is FC1(F)CCN(Cc2cccs2)CC12CCN(c1ccccc1)C2. The summed E-state index contributed by atoms with van der Waals surface area (Å²) in [6.45, 7) is 2.93. The summed E-state index contributed by atoms with van der Waals surface area (Å²) in [5.41, 5.74) is 0.138. The molecule has 0 aliphatic carbocycles. The van der Waals surface area contributed by atoms with Gasteiger partial charge in [-0.25, -0.2) is 8.78 Å². The van der Waals surface area contributed by atoms with Crippen LogP contribution in [0.25, 0.3) is 0 Å². The fourth-order valence-corrected chi connectivity index (χ4v) is 4.85. The zero-order chi connectivity index (χ0) is 16.6. The molecular formula is C19H22F2N2S. The van der Waals surface area contributed by atoms with E-state index in [-0.39, 0.29) is 6.42 Å². The molecule has 0 N–H and O–H groups in total. The Bertz CT molecular complexity index is 674. The molecule has 128 valence electrons. The predicted molar refractivity (Wildman–Crippen MR) is 94.9 cm³/mol. The van der Waals surface area contributed by atoms with Crippen molar-refractivity contribution in [3.05, 3.63) is 52.7 Å². The molecule has 0 saturated carbocycles. The van der Waals surface area contributed by atoms with Crippen molar-refractivity contribution in [2.24, 2.45) is 5.41 Å². The van der Waals surface area contributed by atoms with Gasteiger partial charge in [-0.05, 0) is 30.0 Å². The van der Waals surface area contributed by atoms with E-state index in [0.29, 0.717) is 32.6 Å². The van der Waals surface area contributed by atoms with Gasteiger partial charge in [0.1, 0.15) is 0 Å². The standard InChI is InChI=1S/C19H22F2N2S/c20-19(21)9-10-22(13-17-7-4-12-24-17)14-18(19)8-11-23(15-18)16-5-2-1-3-6-16/h1-7,12H,8-11,13-15H2. The first-order valence-corrected chi connectivity index (χ1v) is 9.39. The quantitative estimate of drug-likeness (QED) is 0.807. The van der Waals surface area contributed by atoms with Gasteiger partial charge in [0, 0.05) is 49.7 Å². The van der Waals surface area contributed by atoms with Crippen LogP contribution in [0.4, 0.5) is 14.5 Å². The third-order valence-corrected chi connectivity index (χ3v) is 6.34. The van der Waals surface area contributed by atoms with Crippen LogP contribution in [0.3, 0.4) is 0 Å². The van der Waals surface area contributed by atoms with Crippen LogP contribution >= 0.6 is 11.3 Å². The van der Waals surface area contributed by atoms with Gasteiger partial charge in [-0.2, -0.15) is 0 Å². The third-order valence-electron chi connectivity index (χ3n) is 5.48. The van der Waals surface area contributed by atoms with E-state index in [1.807, 2.05) is 36.4 Å². The zero-order valence-electron chi connectivity index (χ0n) is 13.6. The van der Waals surface area contributed by atoms with Gasteiger partial charge in [-0.1, -0.05) is 24.3 Å². The molecule has 2 fully saturated rings. The number of piperidine rings is 1. The van der Waals surface area contributed by atoms with Crippen molar-refractivity contribution in [2.45, 2.75) is 25.3 Å². The van der Waals surface area contributed by atoms with Gasteiger partial charge < -0.3 is 4.90 Å². The molecule has 2 saturated heterocycles. The summed E-state index contributed by atoms with van der Waals surface area (Å²) in [6, 6.07) is 14.1. The first kappa shape index (κ1) is 16.0. The number of thiophene rings is 1. The average Bonchev–Trinajstić information content (AvgIpc) is 3.23. The van der Waals surface area contributed by atoms with Gasteiger partial charge >= 0.3 is 0 Å². The highest BCUT2D eigenvalue weighted by Crippen LogP contribution is 2.50. The largest absolute Gasteiger partial charge is 0.371 e. The van der Waals surface area contributed by atoms with Crippen molar-refractivity contribution in [3.8, 4) is 0 Å². The molecule has 2 aliphatic heterocycles. The highest BCUT2D eigenvalue weighted by Gasteiger charge is 2.59. The molecule has 1 unspecified atom stereocenters.